The third-order valence-corrected chi connectivity index (χ3v) is 2.66. The molecule has 0 aliphatic heterocycles. The molecule has 3 N–H and O–H groups in total. The number of nitrogens with one attached hydrogen (secondary N) is 1. The molecule has 0 saturated carbocycles. The SMILES string of the molecule is COc1cccc(-c2nc(CN)cc(=O)[nH]2)c1OC. The number of nitrogens with zero attached hydrogens (tertiary/aromatic N) is 1. The molecular weight excluding hydrogens is 246 g/mol. The molecule has 0 amide bonds. The Labute approximate surface area is 110 Å². The van der Waals surface area contributed by atoms with E-state index in [-0.39, 0.29) is 12.1 Å². The Morgan fingerprint density at radius 2 is 2.11 bits per heavy atom. The van der Waals surface area contributed by atoms with Crippen LogP contribution in [0.2, 0.25) is 0 Å². The Balaban J connectivity index is 2.64. The maximum atomic E-state index is 11.6. The molecule has 0 atom stereocenters. The average molecular weight is 261 g/mol. The third kappa shape index (κ3) is 2.58. The van der Waals surface area contributed by atoms with E-state index in [9.17, 15) is 4.79 Å². The van der Waals surface area contributed by atoms with Crippen molar-refractivity contribution >= 4 is 0 Å². The summed E-state index contributed by atoms with van der Waals surface area (Å²) in [5, 5.41) is 0. The van der Waals surface area contributed by atoms with Gasteiger partial charge in [-0.25, -0.2) is 4.98 Å². The van der Waals surface area contributed by atoms with Crippen LogP contribution in [0, 0.1) is 0 Å². The van der Waals surface area contributed by atoms with E-state index < -0.39 is 0 Å². The van der Waals surface area contributed by atoms with E-state index in [2.05, 4.69) is 9.97 Å². The molecule has 0 aliphatic rings. The number of hydrogen-bond acceptors (Lipinski definition) is 5. The topological polar surface area (TPSA) is 90.2 Å². The molecule has 0 spiro atoms. The quantitative estimate of drug-likeness (QED) is 0.853. The lowest BCUT2D eigenvalue weighted by Gasteiger charge is -2.12. The zero-order chi connectivity index (χ0) is 13.8. The Morgan fingerprint density at radius 1 is 1.32 bits per heavy atom. The molecule has 0 bridgehead atoms. The first kappa shape index (κ1) is 13.1. The van der Waals surface area contributed by atoms with Gasteiger partial charge in [-0.3, -0.25) is 4.79 Å². The van der Waals surface area contributed by atoms with Gasteiger partial charge in [0, 0.05) is 12.6 Å². The zero-order valence-corrected chi connectivity index (χ0v) is 10.8. The summed E-state index contributed by atoms with van der Waals surface area (Å²) in [7, 11) is 3.08. The maximum Gasteiger partial charge on any atom is 0.251 e. The van der Waals surface area contributed by atoms with Gasteiger partial charge >= 0.3 is 0 Å². The molecule has 2 aromatic rings. The second-order valence-electron chi connectivity index (χ2n) is 3.83. The zero-order valence-electron chi connectivity index (χ0n) is 10.8. The first-order valence-electron chi connectivity index (χ1n) is 5.71. The van der Waals surface area contributed by atoms with Gasteiger partial charge in [0.1, 0.15) is 5.82 Å². The number of para-hydroxylation sites is 1. The van der Waals surface area contributed by atoms with Crippen LogP contribution in [0.15, 0.2) is 29.1 Å². The van der Waals surface area contributed by atoms with E-state index in [1.54, 1.807) is 25.3 Å². The van der Waals surface area contributed by atoms with E-state index in [4.69, 9.17) is 15.2 Å². The molecule has 100 valence electrons. The van der Waals surface area contributed by atoms with Crippen LogP contribution in [0.25, 0.3) is 11.4 Å². The minimum absolute atomic E-state index is 0.198. The van der Waals surface area contributed by atoms with Crippen LogP contribution >= 0.6 is 0 Å². The van der Waals surface area contributed by atoms with Crippen molar-refractivity contribution in [3.05, 3.63) is 40.3 Å². The molecule has 0 radical (unpaired) electrons. The van der Waals surface area contributed by atoms with Crippen molar-refractivity contribution in [1.29, 1.82) is 0 Å². The van der Waals surface area contributed by atoms with E-state index in [0.29, 0.717) is 28.6 Å². The van der Waals surface area contributed by atoms with Crippen LogP contribution in [0.1, 0.15) is 5.69 Å². The van der Waals surface area contributed by atoms with Crippen LogP contribution in [0.4, 0.5) is 0 Å². The second-order valence-corrected chi connectivity index (χ2v) is 3.83. The number of aromatic nitrogens is 2. The summed E-state index contributed by atoms with van der Waals surface area (Å²) in [6, 6.07) is 6.73. The first-order chi connectivity index (χ1) is 9.19. The maximum absolute atomic E-state index is 11.6. The largest absolute Gasteiger partial charge is 0.493 e. The van der Waals surface area contributed by atoms with Crippen molar-refractivity contribution in [2.75, 3.05) is 14.2 Å². The van der Waals surface area contributed by atoms with Gasteiger partial charge in [0.15, 0.2) is 11.5 Å². The van der Waals surface area contributed by atoms with Gasteiger partial charge in [-0.05, 0) is 12.1 Å². The number of ether oxygens (including phenoxy) is 2. The third-order valence-electron chi connectivity index (χ3n) is 2.66. The van der Waals surface area contributed by atoms with Crippen molar-refractivity contribution in [2.24, 2.45) is 5.73 Å². The van der Waals surface area contributed by atoms with Crippen LogP contribution in [-0.2, 0) is 6.54 Å². The van der Waals surface area contributed by atoms with Crippen LogP contribution < -0.4 is 20.8 Å². The lowest BCUT2D eigenvalue weighted by molar-refractivity contribution is 0.356. The fourth-order valence-electron chi connectivity index (χ4n) is 1.81. The van der Waals surface area contributed by atoms with Crippen molar-refractivity contribution in [1.82, 2.24) is 9.97 Å². The lowest BCUT2D eigenvalue weighted by Crippen LogP contribution is -2.13. The summed E-state index contributed by atoms with van der Waals surface area (Å²) in [6.45, 7) is 0.198. The summed E-state index contributed by atoms with van der Waals surface area (Å²) in [5.74, 6) is 1.49. The number of hydrogen-bond donors (Lipinski definition) is 2. The van der Waals surface area contributed by atoms with Crippen LogP contribution in [0.5, 0.6) is 11.5 Å². The Bertz CT molecular complexity index is 637. The normalized spacial score (nSPS) is 10.3. The van der Waals surface area contributed by atoms with Gasteiger partial charge < -0.3 is 20.2 Å². The van der Waals surface area contributed by atoms with Gasteiger partial charge in [-0.2, -0.15) is 0 Å². The lowest BCUT2D eigenvalue weighted by atomic mass is 10.1. The summed E-state index contributed by atoms with van der Waals surface area (Å²) >= 11 is 0. The average Bonchev–Trinajstić information content (AvgIpc) is 2.45. The van der Waals surface area contributed by atoms with Gasteiger partial charge in [-0.1, -0.05) is 6.07 Å². The standard InChI is InChI=1S/C13H15N3O3/c1-18-10-5-3-4-9(12(10)19-2)13-15-8(7-14)6-11(17)16-13/h3-6H,7,14H2,1-2H3,(H,15,16,17). The van der Waals surface area contributed by atoms with Crippen LogP contribution in [0.3, 0.4) is 0 Å². The predicted molar refractivity (Wildman–Crippen MR) is 71.3 cm³/mol. The Hall–Kier alpha value is -2.34. The molecule has 1 aromatic carbocycles. The predicted octanol–water partition coefficient (Wildman–Crippen LogP) is 0.913. The van der Waals surface area contributed by atoms with E-state index in [1.807, 2.05) is 0 Å². The molecule has 0 unspecified atom stereocenters. The molecule has 6 nitrogen and oxygen atoms in total. The molecule has 6 heteroatoms. The van der Waals surface area contributed by atoms with Crippen LogP contribution in [-0.4, -0.2) is 24.2 Å². The molecule has 19 heavy (non-hydrogen) atoms. The van der Waals surface area contributed by atoms with E-state index >= 15 is 0 Å². The van der Waals surface area contributed by atoms with Crippen molar-refractivity contribution < 1.29 is 9.47 Å². The molecule has 0 aliphatic carbocycles. The highest BCUT2D eigenvalue weighted by Crippen LogP contribution is 2.35. The number of methoxy groups -OCH3 is 2. The molecular formula is C13H15N3O3. The second kappa shape index (κ2) is 5.53. The highest BCUT2D eigenvalue weighted by Gasteiger charge is 2.13. The fraction of sp³-hybridized carbons (Fsp3) is 0.231. The molecule has 0 saturated heterocycles. The van der Waals surface area contributed by atoms with Crippen molar-refractivity contribution in [3.8, 4) is 22.9 Å². The highest BCUT2D eigenvalue weighted by atomic mass is 16.5. The molecule has 1 aromatic heterocycles. The first-order valence-corrected chi connectivity index (χ1v) is 5.71. The fourth-order valence-corrected chi connectivity index (χ4v) is 1.81. The number of H-pyrrole nitrogens is 1. The van der Waals surface area contributed by atoms with Crippen molar-refractivity contribution in [2.45, 2.75) is 6.54 Å². The van der Waals surface area contributed by atoms with Gasteiger partial charge in [0.05, 0.1) is 25.5 Å². The van der Waals surface area contributed by atoms with E-state index in [1.165, 1.54) is 13.2 Å². The minimum Gasteiger partial charge on any atom is -0.493 e. The highest BCUT2D eigenvalue weighted by molar-refractivity contribution is 5.68. The molecule has 0 fully saturated rings. The summed E-state index contributed by atoms with van der Waals surface area (Å²) in [5.41, 5.74) is 6.43. The number of benzene rings is 1. The monoisotopic (exact) mass is 261 g/mol. The molecule has 1 heterocycles. The molecule has 2 rings (SSSR count). The number of aromatic amines is 1. The summed E-state index contributed by atoms with van der Waals surface area (Å²) in [6.07, 6.45) is 0. The van der Waals surface area contributed by atoms with Crippen molar-refractivity contribution in [3.63, 3.8) is 0 Å². The van der Waals surface area contributed by atoms with E-state index in [0.717, 1.165) is 0 Å². The Kier molecular flexibility index (Phi) is 3.82. The summed E-state index contributed by atoms with van der Waals surface area (Å²) in [4.78, 5) is 18.5. The summed E-state index contributed by atoms with van der Waals surface area (Å²) < 4.78 is 10.5. The smallest absolute Gasteiger partial charge is 0.251 e. The van der Waals surface area contributed by atoms with Gasteiger partial charge in [0.25, 0.3) is 5.56 Å². The number of nitrogens with two attached hydrogens (primary N) is 1. The van der Waals surface area contributed by atoms with Gasteiger partial charge in [0.2, 0.25) is 0 Å². The minimum atomic E-state index is -0.254. The van der Waals surface area contributed by atoms with Gasteiger partial charge in [-0.15, -0.1) is 0 Å². The Morgan fingerprint density at radius 3 is 2.74 bits per heavy atom. The number of rotatable bonds is 4.